The Morgan fingerprint density at radius 1 is 1.18 bits per heavy atom. The molecule has 1 fully saturated rings. The lowest BCUT2D eigenvalue weighted by molar-refractivity contribution is 0.223. The standard InChI is InChI=1S/C25H32N6O2S/c1-16(2)24-20-14-19(18-7-9-30(10-8-18)11-12-34(4,32)33)5-6-22(20)26-25(24)21-15-31-23(13-17(21)3)27-28-29-31/h5-6,13-16,18,26H,7-12H2,1-4H3. The van der Waals surface area contributed by atoms with Gasteiger partial charge in [0.05, 0.1) is 11.4 Å². The van der Waals surface area contributed by atoms with Gasteiger partial charge in [-0.1, -0.05) is 19.9 Å². The molecule has 9 heteroatoms. The van der Waals surface area contributed by atoms with Gasteiger partial charge in [0.2, 0.25) is 0 Å². The zero-order valence-corrected chi connectivity index (χ0v) is 21.1. The SMILES string of the molecule is Cc1cc2nnnn2cc1-c1[nH]c2ccc(C3CCN(CCS(C)(=O)=O)CC3)cc2c1C(C)C. The predicted octanol–water partition coefficient (Wildman–Crippen LogP) is 3.93. The van der Waals surface area contributed by atoms with E-state index in [0.29, 0.717) is 18.4 Å². The molecule has 4 heterocycles. The van der Waals surface area contributed by atoms with Crippen molar-refractivity contribution in [2.24, 2.45) is 0 Å². The maximum atomic E-state index is 11.5. The minimum atomic E-state index is -2.92. The number of nitrogens with one attached hydrogen (secondary N) is 1. The van der Waals surface area contributed by atoms with E-state index in [4.69, 9.17) is 0 Å². The van der Waals surface area contributed by atoms with E-state index in [1.54, 1.807) is 4.52 Å². The zero-order valence-electron chi connectivity index (χ0n) is 20.2. The third-order valence-corrected chi connectivity index (χ3v) is 8.01. The van der Waals surface area contributed by atoms with E-state index in [0.717, 1.165) is 53.9 Å². The molecule has 34 heavy (non-hydrogen) atoms. The smallest absolute Gasteiger partial charge is 0.179 e. The summed E-state index contributed by atoms with van der Waals surface area (Å²) in [5.41, 5.74) is 7.96. The first kappa shape index (κ1) is 23.0. The molecule has 1 aromatic carbocycles. The Balaban J connectivity index is 1.46. The number of tetrazole rings is 1. The lowest BCUT2D eigenvalue weighted by Gasteiger charge is -2.32. The first-order valence-electron chi connectivity index (χ1n) is 11.9. The Morgan fingerprint density at radius 2 is 1.94 bits per heavy atom. The summed E-state index contributed by atoms with van der Waals surface area (Å²) in [4.78, 5) is 5.96. The number of aryl methyl sites for hydroxylation is 1. The molecule has 0 spiro atoms. The first-order chi connectivity index (χ1) is 16.2. The second-order valence-electron chi connectivity index (χ2n) is 9.97. The Kier molecular flexibility index (Phi) is 5.93. The highest BCUT2D eigenvalue weighted by molar-refractivity contribution is 7.90. The van der Waals surface area contributed by atoms with Crippen molar-refractivity contribution in [2.75, 3.05) is 31.6 Å². The molecule has 0 aliphatic carbocycles. The van der Waals surface area contributed by atoms with Gasteiger partial charge in [-0.3, -0.25) is 0 Å². The Labute approximate surface area is 200 Å². The van der Waals surface area contributed by atoms with Gasteiger partial charge in [0, 0.05) is 35.5 Å². The number of piperidine rings is 1. The summed E-state index contributed by atoms with van der Waals surface area (Å²) < 4.78 is 24.7. The molecule has 5 rings (SSSR count). The molecule has 0 saturated carbocycles. The molecule has 3 aromatic heterocycles. The first-order valence-corrected chi connectivity index (χ1v) is 14.0. The number of hydrogen-bond donors (Lipinski definition) is 1. The Hall–Kier alpha value is -2.78. The number of fused-ring (bicyclic) bond motifs is 2. The van der Waals surface area contributed by atoms with Crippen LogP contribution in [-0.2, 0) is 9.84 Å². The van der Waals surface area contributed by atoms with Crippen molar-refractivity contribution in [3.63, 3.8) is 0 Å². The van der Waals surface area contributed by atoms with Crippen LogP contribution in [0, 0.1) is 6.92 Å². The average Bonchev–Trinajstić information content (AvgIpc) is 3.40. The summed E-state index contributed by atoms with van der Waals surface area (Å²) in [5.74, 6) is 1.08. The van der Waals surface area contributed by atoms with Crippen LogP contribution in [0.1, 0.15) is 55.2 Å². The number of pyridine rings is 1. The third-order valence-electron chi connectivity index (χ3n) is 7.09. The third kappa shape index (κ3) is 4.46. The highest BCUT2D eigenvalue weighted by Gasteiger charge is 2.24. The Bertz CT molecular complexity index is 1450. The number of nitrogens with zero attached hydrogens (tertiary/aromatic N) is 5. The fourth-order valence-electron chi connectivity index (χ4n) is 5.23. The minimum absolute atomic E-state index is 0.239. The molecule has 0 amide bonds. The number of hydrogen-bond acceptors (Lipinski definition) is 6. The van der Waals surface area contributed by atoms with Crippen molar-refractivity contribution < 1.29 is 8.42 Å². The highest BCUT2D eigenvalue weighted by Crippen LogP contribution is 2.39. The monoisotopic (exact) mass is 480 g/mol. The number of aromatic amines is 1. The average molecular weight is 481 g/mol. The maximum absolute atomic E-state index is 11.5. The largest absolute Gasteiger partial charge is 0.354 e. The number of aromatic nitrogens is 5. The topological polar surface area (TPSA) is 96.2 Å². The van der Waals surface area contributed by atoms with Gasteiger partial charge in [-0.25, -0.2) is 8.42 Å². The second kappa shape index (κ2) is 8.78. The number of likely N-dealkylation sites (tertiary alicyclic amines) is 1. The van der Waals surface area contributed by atoms with Crippen molar-refractivity contribution in [1.82, 2.24) is 29.9 Å². The van der Waals surface area contributed by atoms with E-state index in [-0.39, 0.29) is 5.75 Å². The normalized spacial score (nSPS) is 16.3. The van der Waals surface area contributed by atoms with Gasteiger partial charge in [-0.05, 0) is 90.0 Å². The minimum Gasteiger partial charge on any atom is -0.354 e. The van der Waals surface area contributed by atoms with E-state index in [1.807, 2.05) is 12.3 Å². The van der Waals surface area contributed by atoms with E-state index in [9.17, 15) is 8.42 Å². The van der Waals surface area contributed by atoms with E-state index >= 15 is 0 Å². The van der Waals surface area contributed by atoms with Crippen LogP contribution in [0.2, 0.25) is 0 Å². The molecule has 1 N–H and O–H groups in total. The van der Waals surface area contributed by atoms with Gasteiger partial charge in [0.1, 0.15) is 9.84 Å². The maximum Gasteiger partial charge on any atom is 0.179 e. The number of H-pyrrole nitrogens is 1. The lowest BCUT2D eigenvalue weighted by atomic mass is 9.87. The van der Waals surface area contributed by atoms with Crippen LogP contribution in [0.5, 0.6) is 0 Å². The molecule has 0 atom stereocenters. The molecule has 0 radical (unpaired) electrons. The van der Waals surface area contributed by atoms with E-state index in [1.165, 1.54) is 22.8 Å². The van der Waals surface area contributed by atoms with Crippen LogP contribution >= 0.6 is 0 Å². The van der Waals surface area contributed by atoms with Crippen LogP contribution < -0.4 is 0 Å². The molecule has 1 aliphatic heterocycles. The van der Waals surface area contributed by atoms with Gasteiger partial charge in [-0.15, -0.1) is 5.10 Å². The van der Waals surface area contributed by atoms with Gasteiger partial charge < -0.3 is 9.88 Å². The number of rotatable bonds is 6. The number of sulfone groups is 1. The fourth-order valence-corrected chi connectivity index (χ4v) is 5.82. The molecule has 1 saturated heterocycles. The molecule has 0 bridgehead atoms. The van der Waals surface area contributed by atoms with E-state index < -0.39 is 9.84 Å². The second-order valence-corrected chi connectivity index (χ2v) is 12.2. The summed E-state index contributed by atoms with van der Waals surface area (Å²) in [5, 5.41) is 13.2. The quantitative estimate of drug-likeness (QED) is 0.449. The summed E-state index contributed by atoms with van der Waals surface area (Å²) in [7, 11) is -2.92. The van der Waals surface area contributed by atoms with Gasteiger partial charge in [-0.2, -0.15) is 4.52 Å². The van der Waals surface area contributed by atoms with Crippen molar-refractivity contribution in [2.45, 2.75) is 45.4 Å². The molecular weight excluding hydrogens is 448 g/mol. The predicted molar refractivity (Wildman–Crippen MR) is 135 cm³/mol. The summed E-state index contributed by atoms with van der Waals surface area (Å²) >= 11 is 0. The summed E-state index contributed by atoms with van der Waals surface area (Å²) in [6, 6.07) is 8.85. The van der Waals surface area contributed by atoms with Crippen LogP contribution in [-0.4, -0.2) is 70.0 Å². The van der Waals surface area contributed by atoms with Crippen LogP contribution in [0.25, 0.3) is 27.8 Å². The van der Waals surface area contributed by atoms with Gasteiger partial charge >= 0.3 is 0 Å². The summed E-state index contributed by atoms with van der Waals surface area (Å²) in [6.45, 7) is 9.10. The van der Waals surface area contributed by atoms with Crippen LogP contribution in [0.4, 0.5) is 0 Å². The van der Waals surface area contributed by atoms with Gasteiger partial charge in [0.15, 0.2) is 5.65 Å². The highest BCUT2D eigenvalue weighted by atomic mass is 32.2. The Morgan fingerprint density at radius 3 is 2.65 bits per heavy atom. The molecule has 8 nitrogen and oxygen atoms in total. The fraction of sp³-hybridized carbons (Fsp3) is 0.480. The van der Waals surface area contributed by atoms with Crippen molar-refractivity contribution in [1.29, 1.82) is 0 Å². The van der Waals surface area contributed by atoms with Crippen LogP contribution in [0.3, 0.4) is 0 Å². The molecule has 4 aromatic rings. The molecule has 1 aliphatic rings. The molecule has 0 unspecified atom stereocenters. The lowest BCUT2D eigenvalue weighted by Crippen LogP contribution is -2.36. The number of benzene rings is 1. The van der Waals surface area contributed by atoms with Crippen molar-refractivity contribution in [3.05, 3.63) is 47.2 Å². The summed E-state index contributed by atoms with van der Waals surface area (Å²) in [6.07, 6.45) is 5.43. The van der Waals surface area contributed by atoms with Crippen molar-refractivity contribution >= 4 is 26.4 Å². The zero-order chi connectivity index (χ0) is 24.0. The van der Waals surface area contributed by atoms with E-state index in [2.05, 4.69) is 64.4 Å². The van der Waals surface area contributed by atoms with Crippen molar-refractivity contribution in [3.8, 4) is 11.3 Å². The molecular formula is C25H32N6O2S. The molecule has 180 valence electrons. The van der Waals surface area contributed by atoms with Crippen LogP contribution in [0.15, 0.2) is 30.5 Å². The van der Waals surface area contributed by atoms with Gasteiger partial charge in [0.25, 0.3) is 0 Å².